The van der Waals surface area contributed by atoms with Crippen molar-refractivity contribution in [2.24, 2.45) is 5.73 Å². The van der Waals surface area contributed by atoms with Gasteiger partial charge in [0, 0.05) is 22.6 Å². The summed E-state index contributed by atoms with van der Waals surface area (Å²) in [6, 6.07) is 4.81. The molecule has 0 aliphatic heterocycles. The van der Waals surface area contributed by atoms with Crippen molar-refractivity contribution in [3.05, 3.63) is 34.5 Å². The van der Waals surface area contributed by atoms with Gasteiger partial charge in [-0.15, -0.1) is 0 Å². The van der Waals surface area contributed by atoms with E-state index in [0.717, 1.165) is 0 Å². The lowest BCUT2D eigenvalue weighted by molar-refractivity contribution is 0.687. The van der Waals surface area contributed by atoms with Crippen molar-refractivity contribution >= 4 is 10.9 Å². The molecule has 2 heteroatoms. The summed E-state index contributed by atoms with van der Waals surface area (Å²) < 4.78 is 0. The van der Waals surface area contributed by atoms with Gasteiger partial charge in [-0.2, -0.15) is 0 Å². The molecule has 1 aliphatic rings. The van der Waals surface area contributed by atoms with E-state index in [1.807, 2.05) is 0 Å². The van der Waals surface area contributed by atoms with E-state index in [-0.39, 0.29) is 6.04 Å². The molecular weight excluding hydrogens is 208 g/mol. The first-order valence-corrected chi connectivity index (χ1v) is 6.56. The predicted molar refractivity (Wildman–Crippen MR) is 72.3 cm³/mol. The molecule has 0 bridgehead atoms. The molecule has 1 aromatic heterocycles. The van der Waals surface area contributed by atoms with Gasteiger partial charge in [0.2, 0.25) is 0 Å². The smallest absolute Gasteiger partial charge is 0.0462 e. The Morgan fingerprint density at radius 1 is 1.18 bits per heavy atom. The van der Waals surface area contributed by atoms with Crippen molar-refractivity contribution in [2.75, 3.05) is 0 Å². The van der Waals surface area contributed by atoms with E-state index in [9.17, 15) is 0 Å². The largest absolute Gasteiger partial charge is 0.358 e. The zero-order valence-electron chi connectivity index (χ0n) is 10.6. The third-order valence-corrected chi connectivity index (χ3v) is 3.95. The number of benzene rings is 1. The lowest BCUT2D eigenvalue weighted by Gasteiger charge is -2.16. The molecule has 1 aromatic carbocycles. The Labute approximate surface area is 102 Å². The zero-order chi connectivity index (χ0) is 12.0. The van der Waals surface area contributed by atoms with Crippen LogP contribution in [0.15, 0.2) is 12.1 Å². The highest BCUT2D eigenvalue weighted by atomic mass is 14.7. The molecule has 3 N–H and O–H groups in total. The number of hydrogen-bond acceptors (Lipinski definition) is 1. The molecule has 17 heavy (non-hydrogen) atoms. The standard InChI is InChI=1S/C15H20N2/c1-9(16)15-10(2)17-14-8-12-6-4-3-5-11(12)7-13(14)15/h7-9,17H,3-6,16H2,1-2H3. The third kappa shape index (κ3) is 1.67. The van der Waals surface area contributed by atoms with Crippen molar-refractivity contribution in [1.82, 2.24) is 4.98 Å². The van der Waals surface area contributed by atoms with Crippen LogP contribution < -0.4 is 5.73 Å². The Hall–Kier alpha value is -1.28. The molecule has 0 saturated heterocycles. The Balaban J connectivity index is 2.27. The molecule has 1 aliphatic carbocycles. The number of nitrogens with one attached hydrogen (secondary N) is 1. The molecule has 1 unspecified atom stereocenters. The molecule has 1 heterocycles. The van der Waals surface area contributed by atoms with Crippen LogP contribution in [0.1, 0.15) is 48.2 Å². The van der Waals surface area contributed by atoms with E-state index in [1.54, 1.807) is 0 Å². The molecular formula is C15H20N2. The SMILES string of the molecule is Cc1[nH]c2cc3c(cc2c1C(C)N)CCCC3. The molecule has 0 spiro atoms. The fraction of sp³-hybridized carbons (Fsp3) is 0.467. The Bertz CT molecular complexity index is 564. The van der Waals surface area contributed by atoms with Gasteiger partial charge in [-0.05, 0) is 68.4 Å². The number of aromatic nitrogens is 1. The van der Waals surface area contributed by atoms with Crippen molar-refractivity contribution in [3.63, 3.8) is 0 Å². The number of aromatic amines is 1. The maximum absolute atomic E-state index is 6.08. The average Bonchev–Trinajstić information content (AvgIpc) is 2.60. The highest BCUT2D eigenvalue weighted by Crippen LogP contribution is 2.31. The first-order valence-electron chi connectivity index (χ1n) is 6.56. The number of H-pyrrole nitrogens is 1. The van der Waals surface area contributed by atoms with Crippen molar-refractivity contribution in [3.8, 4) is 0 Å². The van der Waals surface area contributed by atoms with E-state index < -0.39 is 0 Å². The van der Waals surface area contributed by atoms with E-state index >= 15 is 0 Å². The van der Waals surface area contributed by atoms with Gasteiger partial charge in [-0.1, -0.05) is 0 Å². The van der Waals surface area contributed by atoms with Crippen LogP contribution in [0.2, 0.25) is 0 Å². The molecule has 0 amide bonds. The molecule has 90 valence electrons. The second kappa shape index (κ2) is 3.88. The van der Waals surface area contributed by atoms with Crippen LogP contribution in [0.3, 0.4) is 0 Å². The van der Waals surface area contributed by atoms with Crippen LogP contribution >= 0.6 is 0 Å². The van der Waals surface area contributed by atoms with Gasteiger partial charge in [0.25, 0.3) is 0 Å². The lowest BCUT2D eigenvalue weighted by Crippen LogP contribution is -2.06. The number of hydrogen-bond donors (Lipinski definition) is 2. The Kier molecular flexibility index (Phi) is 2.48. The van der Waals surface area contributed by atoms with Crippen LogP contribution in [-0.2, 0) is 12.8 Å². The van der Waals surface area contributed by atoms with Crippen molar-refractivity contribution in [2.45, 2.75) is 45.6 Å². The number of aryl methyl sites for hydroxylation is 3. The second-order valence-corrected chi connectivity index (χ2v) is 5.33. The maximum atomic E-state index is 6.08. The zero-order valence-corrected chi connectivity index (χ0v) is 10.6. The first-order chi connectivity index (χ1) is 8.16. The number of fused-ring (bicyclic) bond motifs is 2. The minimum absolute atomic E-state index is 0.102. The summed E-state index contributed by atoms with van der Waals surface area (Å²) in [5.41, 5.74) is 12.9. The summed E-state index contributed by atoms with van der Waals surface area (Å²) in [5.74, 6) is 0. The molecule has 1 atom stereocenters. The number of nitrogens with two attached hydrogens (primary N) is 1. The fourth-order valence-electron chi connectivity index (χ4n) is 3.17. The fourth-order valence-corrected chi connectivity index (χ4v) is 3.17. The summed E-state index contributed by atoms with van der Waals surface area (Å²) in [4.78, 5) is 3.48. The second-order valence-electron chi connectivity index (χ2n) is 5.33. The number of rotatable bonds is 1. The minimum Gasteiger partial charge on any atom is -0.358 e. The van der Waals surface area contributed by atoms with Crippen LogP contribution in [0.5, 0.6) is 0 Å². The van der Waals surface area contributed by atoms with E-state index in [0.29, 0.717) is 0 Å². The summed E-state index contributed by atoms with van der Waals surface area (Å²) >= 11 is 0. The minimum atomic E-state index is 0.102. The van der Waals surface area contributed by atoms with Crippen molar-refractivity contribution in [1.29, 1.82) is 0 Å². The highest BCUT2D eigenvalue weighted by molar-refractivity contribution is 5.86. The van der Waals surface area contributed by atoms with Gasteiger partial charge in [0.05, 0.1) is 0 Å². The van der Waals surface area contributed by atoms with Gasteiger partial charge < -0.3 is 10.7 Å². The van der Waals surface area contributed by atoms with Crippen molar-refractivity contribution < 1.29 is 0 Å². The summed E-state index contributed by atoms with van der Waals surface area (Å²) in [6.07, 6.45) is 5.12. The molecule has 0 fully saturated rings. The average molecular weight is 228 g/mol. The van der Waals surface area contributed by atoms with E-state index in [4.69, 9.17) is 5.73 Å². The van der Waals surface area contributed by atoms with Gasteiger partial charge in [0.1, 0.15) is 0 Å². The van der Waals surface area contributed by atoms with Gasteiger partial charge >= 0.3 is 0 Å². The van der Waals surface area contributed by atoms with Gasteiger partial charge in [-0.25, -0.2) is 0 Å². The highest BCUT2D eigenvalue weighted by Gasteiger charge is 2.16. The summed E-state index contributed by atoms with van der Waals surface area (Å²) in [6.45, 7) is 4.19. The van der Waals surface area contributed by atoms with Crippen LogP contribution in [0.4, 0.5) is 0 Å². The first kappa shape index (κ1) is 10.8. The van der Waals surface area contributed by atoms with E-state index in [2.05, 4.69) is 31.0 Å². The van der Waals surface area contributed by atoms with E-state index in [1.165, 1.54) is 59.0 Å². The quantitative estimate of drug-likeness (QED) is 0.772. The molecule has 0 saturated carbocycles. The Morgan fingerprint density at radius 2 is 1.82 bits per heavy atom. The molecule has 2 nitrogen and oxygen atoms in total. The summed E-state index contributed by atoms with van der Waals surface area (Å²) in [5, 5.41) is 1.33. The summed E-state index contributed by atoms with van der Waals surface area (Å²) in [7, 11) is 0. The lowest BCUT2D eigenvalue weighted by atomic mass is 9.89. The molecule has 2 aromatic rings. The monoisotopic (exact) mass is 228 g/mol. The normalized spacial score (nSPS) is 17.1. The van der Waals surface area contributed by atoms with Gasteiger partial charge in [0.15, 0.2) is 0 Å². The van der Waals surface area contributed by atoms with Crippen LogP contribution in [0.25, 0.3) is 10.9 Å². The molecule has 0 radical (unpaired) electrons. The third-order valence-electron chi connectivity index (χ3n) is 3.95. The maximum Gasteiger partial charge on any atom is 0.0462 e. The van der Waals surface area contributed by atoms with Gasteiger partial charge in [-0.3, -0.25) is 0 Å². The van der Waals surface area contributed by atoms with Crippen LogP contribution in [0, 0.1) is 6.92 Å². The van der Waals surface area contributed by atoms with Crippen LogP contribution in [-0.4, -0.2) is 4.98 Å². The predicted octanol–water partition coefficient (Wildman–Crippen LogP) is 3.37. The topological polar surface area (TPSA) is 41.8 Å². The molecule has 3 rings (SSSR count). The Morgan fingerprint density at radius 3 is 2.47 bits per heavy atom.